The molecule has 11 nitrogen and oxygen atoms in total. The number of carbonyl (C=O) groups is 1. The molecule has 0 aliphatic rings. The number of hydrogen-bond acceptors (Lipinski definition) is 11. The van der Waals surface area contributed by atoms with Crippen LogP contribution in [0.2, 0.25) is 0 Å². The van der Waals surface area contributed by atoms with Crippen LogP contribution in [0.3, 0.4) is 0 Å². The van der Waals surface area contributed by atoms with Crippen LogP contribution in [0.25, 0.3) is 6.08 Å². The minimum atomic E-state index is -3.55. The monoisotopic (exact) mass is 544 g/mol. The molecule has 0 fully saturated rings. The molecule has 0 aliphatic heterocycles. The summed E-state index contributed by atoms with van der Waals surface area (Å²) >= 11 is 0.692. The second kappa shape index (κ2) is 12.7. The molecule has 0 saturated heterocycles. The van der Waals surface area contributed by atoms with Crippen LogP contribution in [0, 0.1) is 11.3 Å². The lowest BCUT2D eigenvalue weighted by Crippen LogP contribution is -2.13. The van der Waals surface area contributed by atoms with Gasteiger partial charge in [-0.05, 0) is 35.9 Å². The van der Waals surface area contributed by atoms with E-state index in [1.165, 1.54) is 13.2 Å². The Bertz CT molecular complexity index is 1430. The molecule has 0 aliphatic carbocycles. The molecule has 0 saturated carbocycles. The predicted molar refractivity (Wildman–Crippen MR) is 137 cm³/mol. The first-order valence-electron chi connectivity index (χ1n) is 10.8. The van der Waals surface area contributed by atoms with Crippen molar-refractivity contribution in [1.29, 1.82) is 5.26 Å². The van der Waals surface area contributed by atoms with Gasteiger partial charge in [0.05, 0.1) is 27.4 Å². The summed E-state index contributed by atoms with van der Waals surface area (Å²) in [5.74, 6) is 1.57. The lowest BCUT2D eigenvalue weighted by atomic mass is 10.1. The first-order valence-corrected chi connectivity index (χ1v) is 13.5. The van der Waals surface area contributed by atoms with Gasteiger partial charge in [-0.1, -0.05) is 23.5 Å². The average Bonchev–Trinajstić information content (AvgIpc) is 3.36. The van der Waals surface area contributed by atoms with Gasteiger partial charge in [0.25, 0.3) is 5.91 Å². The van der Waals surface area contributed by atoms with Crippen LogP contribution in [-0.2, 0) is 14.6 Å². The van der Waals surface area contributed by atoms with Crippen molar-refractivity contribution in [3.05, 3.63) is 53.6 Å². The Kier molecular flexibility index (Phi) is 9.42. The lowest BCUT2D eigenvalue weighted by Gasteiger charge is -2.12. The zero-order chi connectivity index (χ0) is 26.8. The zero-order valence-corrected chi connectivity index (χ0v) is 21.9. The highest BCUT2D eigenvalue weighted by Crippen LogP contribution is 2.29. The second-order valence-corrected chi connectivity index (χ2v) is 10.6. The number of anilines is 1. The van der Waals surface area contributed by atoms with Crippen LogP contribution in [0.15, 0.2) is 52.4 Å². The van der Waals surface area contributed by atoms with Gasteiger partial charge in [0.1, 0.15) is 23.1 Å². The van der Waals surface area contributed by atoms with E-state index in [0.717, 1.165) is 6.26 Å². The van der Waals surface area contributed by atoms with Gasteiger partial charge in [-0.15, -0.1) is 10.2 Å². The summed E-state index contributed by atoms with van der Waals surface area (Å²) in [5, 5.41) is 18.9. The van der Waals surface area contributed by atoms with E-state index in [1.807, 2.05) is 24.3 Å². The number of amides is 1. The third-order valence-corrected chi connectivity index (χ3v) is 7.17. The van der Waals surface area contributed by atoms with E-state index in [2.05, 4.69) is 15.5 Å². The van der Waals surface area contributed by atoms with Crippen molar-refractivity contribution < 1.29 is 32.2 Å². The maximum Gasteiger partial charge on any atom is 0.268 e. The van der Waals surface area contributed by atoms with Crippen molar-refractivity contribution in [3.63, 3.8) is 0 Å². The number of nitrogens with one attached hydrogen (secondary N) is 1. The zero-order valence-electron chi connectivity index (χ0n) is 20.3. The van der Waals surface area contributed by atoms with E-state index >= 15 is 0 Å². The summed E-state index contributed by atoms with van der Waals surface area (Å²) in [7, 11) is -0.480. The minimum Gasteiger partial charge on any atom is -0.497 e. The number of aromatic nitrogens is 2. The number of rotatable bonds is 12. The van der Waals surface area contributed by atoms with E-state index in [-0.39, 0.29) is 15.0 Å². The molecule has 13 heteroatoms. The van der Waals surface area contributed by atoms with Crippen LogP contribution >= 0.6 is 11.3 Å². The van der Waals surface area contributed by atoms with Gasteiger partial charge in [-0.2, -0.15) is 5.26 Å². The number of hydrogen-bond donors (Lipinski definition) is 1. The van der Waals surface area contributed by atoms with Crippen molar-refractivity contribution in [2.75, 3.05) is 39.0 Å². The highest BCUT2D eigenvalue weighted by Gasteiger charge is 2.17. The van der Waals surface area contributed by atoms with E-state index in [1.54, 1.807) is 31.4 Å². The highest BCUT2D eigenvalue weighted by atomic mass is 32.2. The van der Waals surface area contributed by atoms with Crippen LogP contribution < -0.4 is 24.3 Å². The van der Waals surface area contributed by atoms with Gasteiger partial charge < -0.3 is 18.9 Å². The summed E-state index contributed by atoms with van der Waals surface area (Å²) in [5.41, 5.74) is 0.299. The number of sulfone groups is 1. The molecule has 1 amide bonds. The molecule has 0 atom stereocenters. The third kappa shape index (κ3) is 7.92. The molecule has 37 heavy (non-hydrogen) atoms. The van der Waals surface area contributed by atoms with E-state index in [0.29, 0.717) is 59.5 Å². The summed E-state index contributed by atoms with van der Waals surface area (Å²) in [6.07, 6.45) is 2.96. The molecule has 1 aromatic heterocycles. The van der Waals surface area contributed by atoms with Gasteiger partial charge in [-0.3, -0.25) is 10.1 Å². The maximum absolute atomic E-state index is 12.5. The average molecular weight is 545 g/mol. The topological polar surface area (TPSA) is 150 Å². The van der Waals surface area contributed by atoms with Crippen LogP contribution in [0.5, 0.6) is 23.0 Å². The fourth-order valence-corrected chi connectivity index (χ4v) is 4.41. The van der Waals surface area contributed by atoms with E-state index in [4.69, 9.17) is 18.9 Å². The van der Waals surface area contributed by atoms with Gasteiger partial charge >= 0.3 is 0 Å². The molecule has 3 rings (SSSR count). The quantitative estimate of drug-likeness (QED) is 0.156. The largest absolute Gasteiger partial charge is 0.497 e. The molecule has 0 spiro atoms. The van der Waals surface area contributed by atoms with Crippen molar-refractivity contribution in [3.8, 4) is 29.1 Å². The highest BCUT2D eigenvalue weighted by molar-refractivity contribution is 7.92. The van der Waals surface area contributed by atoms with Crippen LogP contribution in [0.1, 0.15) is 12.0 Å². The molecule has 2 aromatic carbocycles. The van der Waals surface area contributed by atoms with E-state index in [9.17, 15) is 18.5 Å². The van der Waals surface area contributed by atoms with Gasteiger partial charge in [0.2, 0.25) is 19.3 Å². The van der Waals surface area contributed by atoms with Crippen LogP contribution in [0.4, 0.5) is 5.13 Å². The second-order valence-electron chi connectivity index (χ2n) is 7.41. The molecule has 0 radical (unpaired) electrons. The van der Waals surface area contributed by atoms with Gasteiger partial charge in [0, 0.05) is 18.7 Å². The number of methoxy groups -OCH3 is 2. The Morgan fingerprint density at radius 3 is 2.49 bits per heavy atom. The minimum absolute atomic E-state index is 0.0386. The van der Waals surface area contributed by atoms with E-state index < -0.39 is 15.7 Å². The molecular formula is C24H24N4O7S2. The Morgan fingerprint density at radius 1 is 1.05 bits per heavy atom. The fraction of sp³-hybridized carbons (Fsp3) is 0.250. The molecule has 3 aromatic rings. The normalized spacial score (nSPS) is 11.4. The molecular weight excluding hydrogens is 520 g/mol. The first kappa shape index (κ1) is 27.4. The Morgan fingerprint density at radius 2 is 1.81 bits per heavy atom. The standard InChI is InChI=1S/C24H24N4O7S2/c1-32-18-6-4-7-19(14-18)34-10-5-11-35-20-9-8-16(13-21(20)33-2)12-17(15-25)22(29)26-23-27-28-24(36-23)37(3,30)31/h4,6-9,12-14H,5,10-11H2,1-3H3,(H,26,27,29)/b17-12-. The maximum atomic E-state index is 12.5. The summed E-state index contributed by atoms with van der Waals surface area (Å²) in [4.78, 5) is 12.5. The number of ether oxygens (including phenoxy) is 4. The van der Waals surface area contributed by atoms with Crippen molar-refractivity contribution in [2.24, 2.45) is 0 Å². The third-order valence-electron chi connectivity index (χ3n) is 4.66. The molecule has 1 heterocycles. The molecule has 0 unspecified atom stereocenters. The van der Waals surface area contributed by atoms with Crippen LogP contribution in [-0.4, -0.2) is 58.2 Å². The summed E-state index contributed by atoms with van der Waals surface area (Å²) < 4.78 is 44.9. The lowest BCUT2D eigenvalue weighted by molar-refractivity contribution is -0.112. The Labute approximate surface area is 218 Å². The predicted octanol–water partition coefficient (Wildman–Crippen LogP) is 3.35. The van der Waals surface area contributed by atoms with Gasteiger partial charge in [0.15, 0.2) is 11.5 Å². The molecule has 194 valence electrons. The van der Waals surface area contributed by atoms with Crippen molar-refractivity contribution >= 4 is 38.3 Å². The molecule has 0 bridgehead atoms. The number of nitrogens with zero attached hydrogens (tertiary/aromatic N) is 3. The molecule has 1 N–H and O–H groups in total. The Balaban J connectivity index is 1.59. The first-order chi connectivity index (χ1) is 17.7. The SMILES string of the molecule is COc1cccc(OCCCOc2ccc(/C=C(/C#N)C(=O)Nc3nnc(S(C)(=O)=O)s3)cc2OC)c1. The smallest absolute Gasteiger partial charge is 0.268 e. The number of nitriles is 1. The summed E-state index contributed by atoms with van der Waals surface area (Å²) in [6.45, 7) is 0.815. The number of benzene rings is 2. The Hall–Kier alpha value is -4.15. The number of carbonyl (C=O) groups excluding carboxylic acids is 1. The summed E-state index contributed by atoms with van der Waals surface area (Å²) in [6, 6.07) is 14.1. The van der Waals surface area contributed by atoms with Crippen molar-refractivity contribution in [2.45, 2.75) is 10.8 Å². The van der Waals surface area contributed by atoms with Gasteiger partial charge in [-0.25, -0.2) is 8.42 Å². The fourth-order valence-electron chi connectivity index (χ4n) is 2.91. The van der Waals surface area contributed by atoms with Crippen molar-refractivity contribution in [1.82, 2.24) is 10.2 Å².